The summed E-state index contributed by atoms with van der Waals surface area (Å²) >= 11 is 1.40. The van der Waals surface area contributed by atoms with Crippen LogP contribution in [0.3, 0.4) is 0 Å². The van der Waals surface area contributed by atoms with Crippen LogP contribution >= 0.6 is 11.3 Å². The molecule has 3 rings (SSSR count). The number of nitrogens with zero attached hydrogens (tertiary/aromatic N) is 3. The zero-order chi connectivity index (χ0) is 19.6. The summed E-state index contributed by atoms with van der Waals surface area (Å²) in [7, 11) is 2.01. The third kappa shape index (κ3) is 3.83. The Morgan fingerprint density at radius 3 is 3.00 bits per heavy atom. The van der Waals surface area contributed by atoms with E-state index in [9.17, 15) is 20.0 Å². The second-order valence-electron chi connectivity index (χ2n) is 6.12. The standard InChI is InChI=1S/C18H19N3O5S/c1-3-26-18(23)15-12-7-8-20(2)10-14(12)27-17(15)19-9-11-5-4-6-13(16(11)22)21(24)25/h4-6,9,22H,3,7-8,10H2,1-2H3. The number of benzene rings is 1. The summed E-state index contributed by atoms with van der Waals surface area (Å²) < 4.78 is 5.19. The minimum Gasteiger partial charge on any atom is -0.502 e. The fraction of sp³-hybridized carbons (Fsp3) is 0.333. The van der Waals surface area contributed by atoms with E-state index in [1.54, 1.807) is 6.92 Å². The lowest BCUT2D eigenvalue weighted by Crippen LogP contribution is -2.26. The highest BCUT2D eigenvalue weighted by molar-refractivity contribution is 7.16. The minimum atomic E-state index is -0.656. The number of para-hydroxylation sites is 1. The van der Waals surface area contributed by atoms with Crippen molar-refractivity contribution in [3.63, 3.8) is 0 Å². The van der Waals surface area contributed by atoms with Crippen molar-refractivity contribution in [2.75, 3.05) is 20.2 Å². The quantitative estimate of drug-likeness (QED) is 0.364. The molecule has 0 aliphatic carbocycles. The summed E-state index contributed by atoms with van der Waals surface area (Å²) in [6.07, 6.45) is 2.07. The Morgan fingerprint density at radius 1 is 1.52 bits per heavy atom. The van der Waals surface area contributed by atoms with Gasteiger partial charge in [-0.1, -0.05) is 6.07 Å². The van der Waals surface area contributed by atoms with E-state index in [-0.39, 0.29) is 12.2 Å². The number of carbonyl (C=O) groups is 1. The van der Waals surface area contributed by atoms with Crippen molar-refractivity contribution in [1.82, 2.24) is 4.90 Å². The van der Waals surface area contributed by atoms with Crippen LogP contribution in [0.4, 0.5) is 10.7 Å². The van der Waals surface area contributed by atoms with E-state index in [0.717, 1.165) is 30.0 Å². The number of hydrogen-bond acceptors (Lipinski definition) is 8. The van der Waals surface area contributed by atoms with Gasteiger partial charge in [0.2, 0.25) is 5.75 Å². The molecular formula is C18H19N3O5S. The van der Waals surface area contributed by atoms with E-state index < -0.39 is 22.3 Å². The third-order valence-electron chi connectivity index (χ3n) is 4.27. The summed E-state index contributed by atoms with van der Waals surface area (Å²) in [5, 5.41) is 21.5. The number of rotatable bonds is 5. The van der Waals surface area contributed by atoms with Gasteiger partial charge in [-0.05, 0) is 32.0 Å². The lowest BCUT2D eigenvalue weighted by atomic mass is 10.0. The maximum Gasteiger partial charge on any atom is 0.341 e. The number of thiophene rings is 1. The molecule has 0 fully saturated rings. The van der Waals surface area contributed by atoms with Crippen LogP contribution in [-0.2, 0) is 17.7 Å². The van der Waals surface area contributed by atoms with Gasteiger partial charge in [-0.15, -0.1) is 11.3 Å². The van der Waals surface area contributed by atoms with Crippen LogP contribution in [-0.4, -0.2) is 47.3 Å². The first-order valence-electron chi connectivity index (χ1n) is 8.43. The molecule has 1 aromatic heterocycles. The first-order valence-corrected chi connectivity index (χ1v) is 9.24. The van der Waals surface area contributed by atoms with Crippen LogP contribution < -0.4 is 0 Å². The number of nitro benzene ring substituents is 1. The van der Waals surface area contributed by atoms with Crippen molar-refractivity contribution in [2.24, 2.45) is 4.99 Å². The molecule has 2 heterocycles. The van der Waals surface area contributed by atoms with Gasteiger partial charge in [-0.25, -0.2) is 9.79 Å². The van der Waals surface area contributed by atoms with Crippen molar-refractivity contribution < 1.29 is 19.6 Å². The SMILES string of the molecule is CCOC(=O)c1c(N=Cc2cccc([N+](=O)[O-])c2O)sc2c1CCN(C)C2. The smallest absolute Gasteiger partial charge is 0.341 e. The fourth-order valence-electron chi connectivity index (χ4n) is 2.95. The molecule has 0 saturated heterocycles. The van der Waals surface area contributed by atoms with E-state index in [1.807, 2.05) is 7.05 Å². The van der Waals surface area contributed by atoms with Crippen LogP contribution in [0.1, 0.15) is 33.3 Å². The Kier molecular flexibility index (Phi) is 5.52. The number of phenols is 1. The number of phenolic OH excluding ortho intramolecular Hbond substituents is 1. The highest BCUT2D eigenvalue weighted by atomic mass is 32.1. The van der Waals surface area contributed by atoms with Crippen LogP contribution in [0.5, 0.6) is 5.75 Å². The Bertz CT molecular complexity index is 922. The summed E-state index contributed by atoms with van der Waals surface area (Å²) in [5.41, 5.74) is 1.22. The highest BCUT2D eigenvalue weighted by Crippen LogP contribution is 2.39. The molecule has 0 radical (unpaired) electrons. The normalized spacial score (nSPS) is 14.3. The van der Waals surface area contributed by atoms with Crippen LogP contribution in [0.15, 0.2) is 23.2 Å². The van der Waals surface area contributed by atoms with E-state index in [2.05, 4.69) is 9.89 Å². The van der Waals surface area contributed by atoms with Gasteiger partial charge in [0.1, 0.15) is 5.00 Å². The number of ether oxygens (including phenoxy) is 1. The molecule has 9 heteroatoms. The molecule has 142 valence electrons. The summed E-state index contributed by atoms with van der Waals surface area (Å²) in [6, 6.07) is 4.22. The van der Waals surface area contributed by atoms with E-state index >= 15 is 0 Å². The zero-order valence-electron chi connectivity index (χ0n) is 15.0. The van der Waals surface area contributed by atoms with Crippen molar-refractivity contribution in [2.45, 2.75) is 19.9 Å². The van der Waals surface area contributed by atoms with Gasteiger partial charge >= 0.3 is 11.7 Å². The molecule has 0 saturated carbocycles. The third-order valence-corrected chi connectivity index (χ3v) is 5.40. The average molecular weight is 389 g/mol. The van der Waals surface area contributed by atoms with E-state index in [1.165, 1.54) is 35.8 Å². The number of aliphatic imine (C=N–C) groups is 1. The molecule has 0 atom stereocenters. The average Bonchev–Trinajstić information content (AvgIpc) is 2.98. The summed E-state index contributed by atoms with van der Waals surface area (Å²) in [5.74, 6) is -0.875. The predicted octanol–water partition coefficient (Wildman–Crippen LogP) is 3.28. The van der Waals surface area contributed by atoms with Crippen molar-refractivity contribution in [1.29, 1.82) is 0 Å². The number of nitro groups is 1. The molecule has 8 nitrogen and oxygen atoms in total. The summed E-state index contributed by atoms with van der Waals surface area (Å²) in [4.78, 5) is 30.3. The maximum atomic E-state index is 12.5. The van der Waals surface area contributed by atoms with Crippen molar-refractivity contribution in [3.05, 3.63) is 49.9 Å². The largest absolute Gasteiger partial charge is 0.502 e. The number of hydrogen-bond donors (Lipinski definition) is 1. The molecule has 1 N–H and O–H groups in total. The monoisotopic (exact) mass is 389 g/mol. The molecule has 27 heavy (non-hydrogen) atoms. The Morgan fingerprint density at radius 2 is 2.30 bits per heavy atom. The lowest BCUT2D eigenvalue weighted by Gasteiger charge is -2.22. The predicted molar refractivity (Wildman–Crippen MR) is 102 cm³/mol. The zero-order valence-corrected chi connectivity index (χ0v) is 15.8. The molecule has 0 unspecified atom stereocenters. The first kappa shape index (κ1) is 19.0. The van der Waals surface area contributed by atoms with Gasteiger partial charge in [0.15, 0.2) is 0 Å². The topological polar surface area (TPSA) is 105 Å². The lowest BCUT2D eigenvalue weighted by molar-refractivity contribution is -0.385. The second-order valence-corrected chi connectivity index (χ2v) is 7.21. The Balaban J connectivity index is 2.02. The molecule has 0 amide bonds. The van der Waals surface area contributed by atoms with Gasteiger partial charge in [0, 0.05) is 35.8 Å². The molecular weight excluding hydrogens is 370 g/mol. The van der Waals surface area contributed by atoms with Crippen LogP contribution in [0.2, 0.25) is 0 Å². The van der Waals surface area contributed by atoms with Crippen LogP contribution in [0, 0.1) is 10.1 Å². The van der Waals surface area contributed by atoms with Crippen LogP contribution in [0.25, 0.3) is 0 Å². The molecule has 2 aromatic rings. The van der Waals surface area contributed by atoms with Gasteiger partial charge in [0.25, 0.3) is 0 Å². The van der Waals surface area contributed by atoms with Crippen molar-refractivity contribution >= 4 is 34.2 Å². The number of carbonyl (C=O) groups excluding carboxylic acids is 1. The second kappa shape index (κ2) is 7.85. The molecule has 0 bridgehead atoms. The number of likely N-dealkylation sites (N-methyl/N-ethyl adjacent to an activating group) is 1. The van der Waals surface area contributed by atoms with Gasteiger partial charge in [-0.2, -0.15) is 0 Å². The number of esters is 1. The van der Waals surface area contributed by atoms with Crippen molar-refractivity contribution in [3.8, 4) is 5.75 Å². The molecule has 1 aliphatic heterocycles. The van der Waals surface area contributed by atoms with E-state index in [0.29, 0.717) is 10.6 Å². The molecule has 1 aromatic carbocycles. The fourth-order valence-corrected chi connectivity index (χ4v) is 4.21. The Labute approximate surface area is 159 Å². The molecule has 1 aliphatic rings. The van der Waals surface area contributed by atoms with Gasteiger partial charge in [-0.3, -0.25) is 10.1 Å². The summed E-state index contributed by atoms with van der Waals surface area (Å²) in [6.45, 7) is 3.57. The maximum absolute atomic E-state index is 12.5. The first-order chi connectivity index (χ1) is 12.9. The Hall–Kier alpha value is -2.78. The molecule has 0 spiro atoms. The minimum absolute atomic E-state index is 0.211. The van der Waals surface area contributed by atoms with Gasteiger partial charge in [0.05, 0.1) is 17.1 Å². The number of fused-ring (bicyclic) bond motifs is 1. The highest BCUT2D eigenvalue weighted by Gasteiger charge is 2.27. The van der Waals surface area contributed by atoms with E-state index in [4.69, 9.17) is 4.74 Å². The van der Waals surface area contributed by atoms with Gasteiger partial charge < -0.3 is 14.7 Å². The number of aromatic hydroxyl groups is 1.